The predicted octanol–water partition coefficient (Wildman–Crippen LogP) is 2.42. The molecule has 1 amide bonds. The van der Waals surface area contributed by atoms with Gasteiger partial charge in [0.2, 0.25) is 11.0 Å². The van der Waals surface area contributed by atoms with Crippen LogP contribution in [-0.4, -0.2) is 66.4 Å². The molecule has 0 saturated carbocycles. The molecule has 1 atom stereocenters. The van der Waals surface area contributed by atoms with Crippen molar-refractivity contribution in [3.05, 3.63) is 24.3 Å². The van der Waals surface area contributed by atoms with Crippen LogP contribution in [0.25, 0.3) is 0 Å². The Balaban J connectivity index is 1.54. The lowest BCUT2D eigenvalue weighted by Gasteiger charge is -2.22. The number of benzene rings is 1. The number of hydrogen-bond acceptors (Lipinski definition) is 9. The fraction of sp³-hybridized carbons (Fsp3) is 0.471. The molecule has 0 bridgehead atoms. The van der Waals surface area contributed by atoms with E-state index >= 15 is 0 Å². The van der Waals surface area contributed by atoms with Crippen molar-refractivity contribution < 1.29 is 17.9 Å². The van der Waals surface area contributed by atoms with Gasteiger partial charge in [-0.1, -0.05) is 35.2 Å². The molecule has 2 heterocycles. The van der Waals surface area contributed by atoms with Crippen molar-refractivity contribution in [3.63, 3.8) is 0 Å². The van der Waals surface area contributed by atoms with Gasteiger partial charge in [-0.25, -0.2) is 8.42 Å². The summed E-state index contributed by atoms with van der Waals surface area (Å²) in [6, 6.07) is 7.34. The number of nitrogens with zero attached hydrogens (tertiary/aromatic N) is 3. The monoisotopic (exact) mass is 442 g/mol. The Morgan fingerprint density at radius 2 is 2.18 bits per heavy atom. The number of ether oxygens (including phenoxy) is 1. The Morgan fingerprint density at radius 3 is 2.89 bits per heavy atom. The second-order valence-electron chi connectivity index (χ2n) is 6.28. The largest absolute Gasteiger partial charge is 0.492 e. The maximum atomic E-state index is 12.4. The number of para-hydroxylation sites is 2. The number of hydrogen-bond donors (Lipinski definition) is 1. The van der Waals surface area contributed by atoms with Gasteiger partial charge in [0.15, 0.2) is 14.2 Å². The van der Waals surface area contributed by atoms with E-state index < -0.39 is 9.84 Å². The third-order valence-corrected chi connectivity index (χ3v) is 8.01. The van der Waals surface area contributed by atoms with Gasteiger partial charge in [-0.3, -0.25) is 4.79 Å². The van der Waals surface area contributed by atoms with Crippen molar-refractivity contribution in [1.29, 1.82) is 0 Å². The molecule has 1 aliphatic rings. The van der Waals surface area contributed by atoms with E-state index in [0.717, 1.165) is 11.4 Å². The molecule has 1 fully saturated rings. The quantitative estimate of drug-likeness (QED) is 0.622. The highest BCUT2D eigenvalue weighted by Crippen LogP contribution is 2.31. The van der Waals surface area contributed by atoms with Gasteiger partial charge in [-0.2, -0.15) is 0 Å². The fourth-order valence-electron chi connectivity index (χ4n) is 2.79. The summed E-state index contributed by atoms with van der Waals surface area (Å²) in [4.78, 5) is 13.9. The van der Waals surface area contributed by atoms with E-state index in [1.165, 1.54) is 28.0 Å². The van der Waals surface area contributed by atoms with Crippen molar-refractivity contribution in [2.24, 2.45) is 0 Å². The van der Waals surface area contributed by atoms with E-state index in [1.807, 2.05) is 31.2 Å². The lowest BCUT2D eigenvalue weighted by molar-refractivity contribution is -0.128. The molecule has 11 heteroatoms. The molecule has 0 unspecified atom stereocenters. The van der Waals surface area contributed by atoms with Crippen molar-refractivity contribution >= 4 is 49.7 Å². The first kappa shape index (κ1) is 20.9. The Kier molecular flexibility index (Phi) is 6.78. The van der Waals surface area contributed by atoms with Gasteiger partial charge in [-0.05, 0) is 25.5 Å². The van der Waals surface area contributed by atoms with E-state index in [4.69, 9.17) is 4.74 Å². The van der Waals surface area contributed by atoms with Crippen LogP contribution in [0.4, 0.5) is 10.8 Å². The molecule has 3 rings (SSSR count). The summed E-state index contributed by atoms with van der Waals surface area (Å²) >= 11 is 2.64. The predicted molar refractivity (Wildman–Crippen MR) is 111 cm³/mol. The van der Waals surface area contributed by atoms with Crippen molar-refractivity contribution in [2.45, 2.75) is 23.7 Å². The molecule has 1 saturated heterocycles. The third kappa shape index (κ3) is 5.36. The Morgan fingerprint density at radius 1 is 1.39 bits per heavy atom. The topological polar surface area (TPSA) is 101 Å². The van der Waals surface area contributed by atoms with E-state index in [0.29, 0.717) is 22.5 Å². The van der Waals surface area contributed by atoms with Gasteiger partial charge < -0.3 is 15.0 Å². The number of thioether (sulfide) groups is 1. The zero-order valence-electron chi connectivity index (χ0n) is 15.6. The third-order valence-electron chi connectivity index (χ3n) is 4.30. The Hall–Kier alpha value is -1.85. The first-order chi connectivity index (χ1) is 13.4. The summed E-state index contributed by atoms with van der Waals surface area (Å²) < 4.78 is 29.4. The SMILES string of the molecule is CCOc1ccccc1Nc1nnc(SCC(=O)N(C)[C@H]2CCS(=O)(=O)C2)s1. The van der Waals surface area contributed by atoms with E-state index in [-0.39, 0.29) is 29.2 Å². The van der Waals surface area contributed by atoms with Crippen LogP contribution in [0.15, 0.2) is 28.6 Å². The molecule has 1 aromatic carbocycles. The van der Waals surface area contributed by atoms with Gasteiger partial charge in [0.25, 0.3) is 0 Å². The van der Waals surface area contributed by atoms with Gasteiger partial charge in [0, 0.05) is 13.1 Å². The van der Waals surface area contributed by atoms with Gasteiger partial charge >= 0.3 is 0 Å². The van der Waals surface area contributed by atoms with Crippen LogP contribution in [0.1, 0.15) is 13.3 Å². The normalized spacial score (nSPS) is 18.0. The number of carbonyl (C=O) groups is 1. The Bertz CT molecular complexity index is 932. The summed E-state index contributed by atoms with van der Waals surface area (Å²) in [6.07, 6.45) is 0.501. The first-order valence-electron chi connectivity index (χ1n) is 8.79. The van der Waals surface area contributed by atoms with Crippen LogP contribution in [0.3, 0.4) is 0 Å². The zero-order valence-corrected chi connectivity index (χ0v) is 18.1. The number of nitrogens with one attached hydrogen (secondary N) is 1. The molecule has 28 heavy (non-hydrogen) atoms. The molecule has 152 valence electrons. The summed E-state index contributed by atoms with van der Waals surface area (Å²) in [5.74, 6) is 1.01. The van der Waals surface area contributed by atoms with Gasteiger partial charge in [-0.15, -0.1) is 10.2 Å². The molecule has 8 nitrogen and oxygen atoms in total. The van der Waals surface area contributed by atoms with Crippen LogP contribution in [0.5, 0.6) is 5.75 Å². The fourth-order valence-corrected chi connectivity index (χ4v) is 6.26. The molecule has 0 spiro atoms. The lowest BCUT2D eigenvalue weighted by Crippen LogP contribution is -2.38. The number of aromatic nitrogens is 2. The number of carbonyl (C=O) groups excluding carboxylic acids is 1. The average molecular weight is 443 g/mol. The molecule has 1 aliphatic heterocycles. The minimum Gasteiger partial charge on any atom is -0.492 e. The smallest absolute Gasteiger partial charge is 0.233 e. The van der Waals surface area contributed by atoms with Crippen LogP contribution in [0, 0.1) is 0 Å². The average Bonchev–Trinajstić information content (AvgIpc) is 3.26. The van der Waals surface area contributed by atoms with Crippen molar-refractivity contribution in [1.82, 2.24) is 15.1 Å². The van der Waals surface area contributed by atoms with Crippen LogP contribution in [-0.2, 0) is 14.6 Å². The highest BCUT2D eigenvalue weighted by atomic mass is 32.2. The van der Waals surface area contributed by atoms with Gasteiger partial charge in [0.1, 0.15) is 5.75 Å². The second-order valence-corrected chi connectivity index (χ2v) is 10.7. The summed E-state index contributed by atoms with van der Waals surface area (Å²) in [5.41, 5.74) is 0.801. The highest BCUT2D eigenvalue weighted by molar-refractivity contribution is 8.01. The zero-order chi connectivity index (χ0) is 20.1. The second kappa shape index (κ2) is 9.10. The molecule has 2 aromatic rings. The van der Waals surface area contributed by atoms with E-state index in [1.54, 1.807) is 7.05 Å². The molecule has 0 aliphatic carbocycles. The molecule has 0 radical (unpaired) electrons. The molecule has 1 N–H and O–H groups in total. The van der Waals surface area contributed by atoms with E-state index in [2.05, 4.69) is 15.5 Å². The molecular formula is C17H22N4O4S3. The number of sulfone groups is 1. The Labute approximate surface area is 172 Å². The number of rotatable bonds is 8. The van der Waals surface area contributed by atoms with Crippen LogP contribution in [0.2, 0.25) is 0 Å². The minimum atomic E-state index is -3.01. The van der Waals surface area contributed by atoms with Crippen LogP contribution >= 0.6 is 23.1 Å². The molecule has 1 aromatic heterocycles. The maximum Gasteiger partial charge on any atom is 0.233 e. The highest BCUT2D eigenvalue weighted by Gasteiger charge is 2.32. The van der Waals surface area contributed by atoms with Gasteiger partial charge in [0.05, 0.1) is 29.6 Å². The van der Waals surface area contributed by atoms with Crippen molar-refractivity contribution in [2.75, 3.05) is 36.2 Å². The molecular weight excluding hydrogens is 420 g/mol. The van der Waals surface area contributed by atoms with Crippen molar-refractivity contribution in [3.8, 4) is 5.75 Å². The summed E-state index contributed by atoms with van der Waals surface area (Å²) in [6.45, 7) is 2.49. The first-order valence-corrected chi connectivity index (χ1v) is 12.4. The van der Waals surface area contributed by atoms with Crippen LogP contribution < -0.4 is 10.1 Å². The van der Waals surface area contributed by atoms with E-state index in [9.17, 15) is 13.2 Å². The standard InChI is InChI=1S/C17H22N4O4S3/c1-3-25-14-7-5-4-6-13(14)18-16-19-20-17(27-16)26-10-15(22)21(2)12-8-9-28(23,24)11-12/h4-7,12H,3,8-11H2,1-2H3,(H,18,19)/t12-/m0/s1. The number of amides is 1. The lowest BCUT2D eigenvalue weighted by atomic mass is 10.2. The minimum absolute atomic E-state index is 0.0476. The summed E-state index contributed by atoms with van der Waals surface area (Å²) in [5, 5.41) is 12.0. The number of anilines is 2. The maximum absolute atomic E-state index is 12.4. The summed E-state index contributed by atoms with van der Waals surface area (Å²) in [7, 11) is -1.36.